The summed E-state index contributed by atoms with van der Waals surface area (Å²) < 4.78 is 30.6. The maximum Gasteiger partial charge on any atom is 0.262 e. The van der Waals surface area contributed by atoms with Crippen LogP contribution in [0.1, 0.15) is 11.4 Å². The number of anilines is 1. The lowest BCUT2D eigenvalue weighted by molar-refractivity contribution is -0.118. The van der Waals surface area contributed by atoms with E-state index in [0.717, 1.165) is 4.31 Å². The fourth-order valence-electron chi connectivity index (χ4n) is 2.16. The van der Waals surface area contributed by atoms with E-state index in [1.807, 2.05) is 0 Å². The van der Waals surface area contributed by atoms with Crippen molar-refractivity contribution in [3.63, 3.8) is 0 Å². The van der Waals surface area contributed by atoms with Crippen LogP contribution in [0, 0.1) is 13.8 Å². The SMILES string of the molecule is Cc1nc(C)c(Cl)c(OCC(=O)Nc2ccc(S(=O)(=O)N(C)C)cc2)c1Cl. The van der Waals surface area contributed by atoms with Crippen molar-refractivity contribution in [3.05, 3.63) is 45.7 Å². The van der Waals surface area contributed by atoms with Gasteiger partial charge in [0.25, 0.3) is 5.91 Å². The molecule has 0 atom stereocenters. The van der Waals surface area contributed by atoms with E-state index in [1.54, 1.807) is 13.8 Å². The van der Waals surface area contributed by atoms with Gasteiger partial charge in [-0.25, -0.2) is 12.7 Å². The molecule has 2 rings (SSSR count). The Bertz CT molecular complexity index is 935. The zero-order valence-corrected chi connectivity index (χ0v) is 17.5. The fourth-order valence-corrected chi connectivity index (χ4v) is 3.49. The minimum absolute atomic E-state index is 0.128. The molecule has 0 saturated carbocycles. The predicted octanol–water partition coefficient (Wildman–Crippen LogP) is 3.27. The van der Waals surface area contributed by atoms with Crippen LogP contribution in [-0.4, -0.2) is 44.3 Å². The van der Waals surface area contributed by atoms with Crippen molar-refractivity contribution in [2.45, 2.75) is 18.7 Å². The van der Waals surface area contributed by atoms with Crippen molar-refractivity contribution >= 4 is 44.8 Å². The molecule has 1 N–H and O–H groups in total. The molecule has 0 saturated heterocycles. The zero-order valence-electron chi connectivity index (χ0n) is 15.2. The molecular weight excluding hydrogens is 413 g/mol. The summed E-state index contributed by atoms with van der Waals surface area (Å²) in [6.45, 7) is 3.10. The van der Waals surface area contributed by atoms with Gasteiger partial charge in [-0.15, -0.1) is 0 Å². The van der Waals surface area contributed by atoms with Crippen LogP contribution in [0.2, 0.25) is 10.0 Å². The molecule has 0 bridgehead atoms. The Morgan fingerprint density at radius 1 is 1.11 bits per heavy atom. The quantitative estimate of drug-likeness (QED) is 0.757. The smallest absolute Gasteiger partial charge is 0.262 e. The highest BCUT2D eigenvalue weighted by Gasteiger charge is 2.18. The number of hydrogen-bond acceptors (Lipinski definition) is 5. The minimum atomic E-state index is -3.53. The number of carbonyl (C=O) groups is 1. The molecule has 27 heavy (non-hydrogen) atoms. The van der Waals surface area contributed by atoms with Crippen molar-refractivity contribution in [1.82, 2.24) is 9.29 Å². The van der Waals surface area contributed by atoms with E-state index in [0.29, 0.717) is 17.1 Å². The molecule has 10 heteroatoms. The van der Waals surface area contributed by atoms with E-state index in [-0.39, 0.29) is 27.3 Å². The summed E-state index contributed by atoms with van der Waals surface area (Å²) in [5.41, 5.74) is 1.53. The molecule has 2 aromatic rings. The fraction of sp³-hybridized carbons (Fsp3) is 0.294. The highest BCUT2D eigenvalue weighted by molar-refractivity contribution is 7.89. The molecule has 146 valence electrons. The maximum absolute atomic E-state index is 12.1. The number of sulfonamides is 1. The average Bonchev–Trinajstić information content (AvgIpc) is 2.60. The first kappa shape index (κ1) is 21.4. The Labute approximate surface area is 168 Å². The number of nitrogens with one attached hydrogen (secondary N) is 1. The molecule has 7 nitrogen and oxygen atoms in total. The number of aryl methyl sites for hydroxylation is 2. The van der Waals surface area contributed by atoms with Gasteiger partial charge in [-0.05, 0) is 38.1 Å². The second-order valence-corrected chi connectivity index (χ2v) is 8.80. The third kappa shape index (κ3) is 4.90. The van der Waals surface area contributed by atoms with Gasteiger partial charge in [0.15, 0.2) is 12.4 Å². The standard InChI is InChI=1S/C17H19Cl2N3O4S/c1-10-15(18)17(16(19)11(2)20-10)26-9-14(23)21-12-5-7-13(8-6-12)27(24,25)22(3)4/h5-8H,9H2,1-4H3,(H,21,23). The number of rotatable bonds is 6. The van der Waals surface area contributed by atoms with E-state index < -0.39 is 15.9 Å². The molecule has 1 amide bonds. The van der Waals surface area contributed by atoms with E-state index in [1.165, 1.54) is 38.4 Å². The number of ether oxygens (including phenoxy) is 1. The minimum Gasteiger partial charge on any atom is -0.480 e. The molecule has 0 fully saturated rings. The highest BCUT2D eigenvalue weighted by atomic mass is 35.5. The normalized spacial score (nSPS) is 11.5. The summed E-state index contributed by atoms with van der Waals surface area (Å²) >= 11 is 12.3. The van der Waals surface area contributed by atoms with Crippen LogP contribution in [-0.2, 0) is 14.8 Å². The number of benzene rings is 1. The summed E-state index contributed by atoms with van der Waals surface area (Å²) in [6, 6.07) is 5.81. The molecule has 1 aromatic carbocycles. The molecule has 1 heterocycles. The van der Waals surface area contributed by atoms with Crippen molar-refractivity contribution in [3.8, 4) is 5.75 Å². The molecule has 0 aliphatic heterocycles. The van der Waals surface area contributed by atoms with Crippen LogP contribution in [0.15, 0.2) is 29.2 Å². The summed E-state index contributed by atoms with van der Waals surface area (Å²) in [5.74, 6) is -0.247. The lowest BCUT2D eigenvalue weighted by Crippen LogP contribution is -2.22. The molecule has 1 aromatic heterocycles. The zero-order chi connectivity index (χ0) is 20.4. The lowest BCUT2D eigenvalue weighted by Gasteiger charge is -2.13. The van der Waals surface area contributed by atoms with Crippen LogP contribution in [0.5, 0.6) is 5.75 Å². The first-order valence-electron chi connectivity index (χ1n) is 7.81. The number of carbonyl (C=O) groups excluding carboxylic acids is 1. The van der Waals surface area contributed by atoms with Crippen LogP contribution in [0.3, 0.4) is 0 Å². The van der Waals surface area contributed by atoms with Gasteiger partial charge in [0, 0.05) is 19.8 Å². The summed E-state index contributed by atoms with van der Waals surface area (Å²) in [5, 5.41) is 3.11. The Morgan fingerprint density at radius 3 is 2.11 bits per heavy atom. The van der Waals surface area contributed by atoms with Crippen molar-refractivity contribution in [2.24, 2.45) is 0 Å². The maximum atomic E-state index is 12.1. The molecule has 0 aliphatic rings. The van der Waals surface area contributed by atoms with Gasteiger partial charge in [0.1, 0.15) is 10.0 Å². The number of halogens is 2. The summed E-state index contributed by atoms with van der Waals surface area (Å²) in [4.78, 5) is 16.4. The van der Waals surface area contributed by atoms with Gasteiger partial charge >= 0.3 is 0 Å². The molecule has 0 aliphatic carbocycles. The Hall–Kier alpha value is -1.87. The van der Waals surface area contributed by atoms with Gasteiger partial charge in [-0.1, -0.05) is 23.2 Å². The number of nitrogens with zero attached hydrogens (tertiary/aromatic N) is 2. The van der Waals surface area contributed by atoms with Gasteiger partial charge < -0.3 is 10.1 Å². The third-order valence-electron chi connectivity index (χ3n) is 3.63. The van der Waals surface area contributed by atoms with Crippen molar-refractivity contribution < 1.29 is 17.9 Å². The van der Waals surface area contributed by atoms with Crippen molar-refractivity contribution in [2.75, 3.05) is 26.0 Å². The van der Waals surface area contributed by atoms with Crippen LogP contribution >= 0.6 is 23.2 Å². The lowest BCUT2D eigenvalue weighted by atomic mass is 10.3. The number of hydrogen-bond donors (Lipinski definition) is 1. The Balaban J connectivity index is 2.05. The number of aromatic nitrogens is 1. The second kappa shape index (κ2) is 8.43. The van der Waals surface area contributed by atoms with Gasteiger partial charge in [-0.3, -0.25) is 9.78 Å². The van der Waals surface area contributed by atoms with E-state index in [9.17, 15) is 13.2 Å². The predicted molar refractivity (Wildman–Crippen MR) is 105 cm³/mol. The Morgan fingerprint density at radius 2 is 1.63 bits per heavy atom. The first-order valence-corrected chi connectivity index (χ1v) is 10.0. The molecule has 0 radical (unpaired) electrons. The van der Waals surface area contributed by atoms with E-state index in [2.05, 4.69) is 10.3 Å². The monoisotopic (exact) mass is 431 g/mol. The topological polar surface area (TPSA) is 88.6 Å². The summed E-state index contributed by atoms with van der Waals surface area (Å²) in [6.07, 6.45) is 0. The van der Waals surface area contributed by atoms with Crippen molar-refractivity contribution in [1.29, 1.82) is 0 Å². The molecule has 0 unspecified atom stereocenters. The Kier molecular flexibility index (Phi) is 6.69. The molecule has 0 spiro atoms. The van der Waals surface area contributed by atoms with Gasteiger partial charge in [0.05, 0.1) is 16.3 Å². The van der Waals surface area contributed by atoms with Crippen LogP contribution in [0.4, 0.5) is 5.69 Å². The largest absolute Gasteiger partial charge is 0.480 e. The van der Waals surface area contributed by atoms with Crippen LogP contribution in [0.25, 0.3) is 0 Å². The van der Waals surface area contributed by atoms with Crippen LogP contribution < -0.4 is 10.1 Å². The van der Waals surface area contributed by atoms with Gasteiger partial charge in [0.2, 0.25) is 10.0 Å². The average molecular weight is 432 g/mol. The third-order valence-corrected chi connectivity index (χ3v) is 6.35. The van der Waals surface area contributed by atoms with E-state index in [4.69, 9.17) is 27.9 Å². The second-order valence-electron chi connectivity index (χ2n) is 5.89. The number of pyridine rings is 1. The number of amides is 1. The molecular formula is C17H19Cl2N3O4S. The first-order chi connectivity index (χ1) is 12.5. The van der Waals surface area contributed by atoms with Gasteiger partial charge in [-0.2, -0.15) is 0 Å². The highest BCUT2D eigenvalue weighted by Crippen LogP contribution is 2.36. The summed E-state index contributed by atoms with van der Waals surface area (Å²) in [7, 11) is -0.634. The van der Waals surface area contributed by atoms with E-state index >= 15 is 0 Å².